The van der Waals surface area contributed by atoms with Crippen LogP contribution in [0.15, 0.2) is 0 Å². The van der Waals surface area contributed by atoms with Gasteiger partial charge in [-0.1, -0.05) is 13.8 Å². The van der Waals surface area contributed by atoms with Gasteiger partial charge in [0.05, 0.1) is 0 Å². The number of fused-ring (bicyclic) bond motifs is 1. The van der Waals surface area contributed by atoms with Crippen molar-refractivity contribution >= 4 is 0 Å². The molecule has 0 aromatic heterocycles. The van der Waals surface area contributed by atoms with E-state index in [0.29, 0.717) is 0 Å². The fourth-order valence-electron chi connectivity index (χ4n) is 3.45. The third-order valence-corrected chi connectivity index (χ3v) is 4.64. The van der Waals surface area contributed by atoms with E-state index in [1.54, 1.807) is 0 Å². The number of piperazine rings is 1. The molecule has 3 unspecified atom stereocenters. The van der Waals surface area contributed by atoms with Gasteiger partial charge in [0.15, 0.2) is 0 Å². The molecular formula is C14H28N2. The van der Waals surface area contributed by atoms with E-state index in [4.69, 9.17) is 0 Å². The Balaban J connectivity index is 2.03. The Morgan fingerprint density at radius 1 is 1.06 bits per heavy atom. The van der Waals surface area contributed by atoms with E-state index >= 15 is 0 Å². The minimum atomic E-state index is 0.718. The Bertz CT molecular complexity index is 227. The first kappa shape index (κ1) is 12.4. The van der Waals surface area contributed by atoms with Gasteiger partial charge in [-0.05, 0) is 45.1 Å². The highest BCUT2D eigenvalue weighted by Gasteiger charge is 2.34. The molecule has 2 aliphatic heterocycles. The first-order valence-corrected chi connectivity index (χ1v) is 7.06. The van der Waals surface area contributed by atoms with Crippen molar-refractivity contribution in [1.82, 2.24) is 9.80 Å². The second kappa shape index (κ2) is 5.05. The quantitative estimate of drug-likeness (QED) is 0.675. The molecule has 0 aromatic carbocycles. The molecule has 0 radical (unpaired) electrons. The first-order chi connectivity index (χ1) is 7.58. The van der Waals surface area contributed by atoms with E-state index in [1.807, 2.05) is 0 Å². The molecule has 0 bridgehead atoms. The minimum absolute atomic E-state index is 0.718. The largest absolute Gasteiger partial charge is 0.298 e. The molecule has 0 saturated carbocycles. The lowest BCUT2D eigenvalue weighted by Gasteiger charge is -2.44. The predicted molar refractivity (Wildman–Crippen MR) is 69.6 cm³/mol. The standard InChI is InChI=1S/C14H28N2/c1-11(2)16-8-7-15-6-5-12(3)9-13(4)14(15)10-16/h11-14H,5-10H2,1-4H3. The molecule has 0 aliphatic carbocycles. The highest BCUT2D eigenvalue weighted by Crippen LogP contribution is 2.29. The fourth-order valence-corrected chi connectivity index (χ4v) is 3.45. The third-order valence-electron chi connectivity index (χ3n) is 4.64. The Labute approximate surface area is 101 Å². The van der Waals surface area contributed by atoms with Gasteiger partial charge in [0.1, 0.15) is 0 Å². The van der Waals surface area contributed by atoms with Gasteiger partial charge in [0.25, 0.3) is 0 Å². The second-order valence-corrected chi connectivity index (χ2v) is 6.30. The van der Waals surface area contributed by atoms with Gasteiger partial charge in [-0.25, -0.2) is 0 Å². The highest BCUT2D eigenvalue weighted by molar-refractivity contribution is 4.89. The zero-order valence-electron chi connectivity index (χ0n) is 11.4. The molecule has 0 amide bonds. The molecule has 2 heteroatoms. The molecule has 2 heterocycles. The zero-order valence-corrected chi connectivity index (χ0v) is 11.4. The summed E-state index contributed by atoms with van der Waals surface area (Å²) >= 11 is 0. The van der Waals surface area contributed by atoms with Crippen LogP contribution in [0, 0.1) is 11.8 Å². The third kappa shape index (κ3) is 2.60. The van der Waals surface area contributed by atoms with E-state index in [2.05, 4.69) is 37.5 Å². The van der Waals surface area contributed by atoms with Crippen molar-refractivity contribution in [1.29, 1.82) is 0 Å². The Morgan fingerprint density at radius 2 is 1.81 bits per heavy atom. The van der Waals surface area contributed by atoms with Crippen LogP contribution < -0.4 is 0 Å². The van der Waals surface area contributed by atoms with Crippen LogP contribution in [0.25, 0.3) is 0 Å². The summed E-state index contributed by atoms with van der Waals surface area (Å²) in [6.07, 6.45) is 2.83. The summed E-state index contributed by atoms with van der Waals surface area (Å²) in [5.41, 5.74) is 0. The lowest BCUT2D eigenvalue weighted by Crippen LogP contribution is -2.56. The lowest BCUT2D eigenvalue weighted by molar-refractivity contribution is 0.0383. The molecule has 0 N–H and O–H groups in total. The van der Waals surface area contributed by atoms with Gasteiger partial charge in [0, 0.05) is 31.7 Å². The summed E-state index contributed by atoms with van der Waals surface area (Å²) < 4.78 is 0. The van der Waals surface area contributed by atoms with Crippen molar-refractivity contribution in [2.45, 2.75) is 52.6 Å². The van der Waals surface area contributed by atoms with Gasteiger partial charge in [0.2, 0.25) is 0 Å². The summed E-state index contributed by atoms with van der Waals surface area (Å²) in [6, 6.07) is 1.54. The van der Waals surface area contributed by atoms with Crippen molar-refractivity contribution in [2.24, 2.45) is 11.8 Å². The van der Waals surface area contributed by atoms with Crippen molar-refractivity contribution in [2.75, 3.05) is 26.2 Å². The smallest absolute Gasteiger partial charge is 0.0249 e. The van der Waals surface area contributed by atoms with Gasteiger partial charge in [-0.2, -0.15) is 0 Å². The van der Waals surface area contributed by atoms with Gasteiger partial charge >= 0.3 is 0 Å². The summed E-state index contributed by atoms with van der Waals surface area (Å²) in [7, 11) is 0. The molecule has 0 spiro atoms. The topological polar surface area (TPSA) is 6.48 Å². The van der Waals surface area contributed by atoms with Crippen LogP contribution in [0.2, 0.25) is 0 Å². The van der Waals surface area contributed by atoms with Gasteiger partial charge < -0.3 is 0 Å². The summed E-state index contributed by atoms with van der Waals surface area (Å²) in [5.74, 6) is 1.80. The Hall–Kier alpha value is -0.0800. The zero-order chi connectivity index (χ0) is 11.7. The number of hydrogen-bond acceptors (Lipinski definition) is 2. The van der Waals surface area contributed by atoms with Crippen LogP contribution in [0.3, 0.4) is 0 Å². The maximum atomic E-state index is 2.76. The van der Waals surface area contributed by atoms with E-state index in [-0.39, 0.29) is 0 Å². The van der Waals surface area contributed by atoms with Crippen molar-refractivity contribution in [3.8, 4) is 0 Å². The number of nitrogens with zero attached hydrogens (tertiary/aromatic N) is 2. The maximum absolute atomic E-state index is 2.76. The molecule has 2 nitrogen and oxygen atoms in total. The predicted octanol–water partition coefficient (Wildman–Crippen LogP) is 2.45. The summed E-state index contributed by atoms with van der Waals surface area (Å²) in [4.78, 5) is 5.42. The van der Waals surface area contributed by atoms with E-state index in [9.17, 15) is 0 Å². The molecule has 0 aromatic rings. The van der Waals surface area contributed by atoms with E-state index < -0.39 is 0 Å². The molecule has 3 atom stereocenters. The van der Waals surface area contributed by atoms with E-state index in [1.165, 1.54) is 39.0 Å². The highest BCUT2D eigenvalue weighted by atomic mass is 15.3. The number of hydrogen-bond donors (Lipinski definition) is 0. The number of rotatable bonds is 1. The Kier molecular flexibility index (Phi) is 3.91. The summed E-state index contributed by atoms with van der Waals surface area (Å²) in [6.45, 7) is 14.8. The van der Waals surface area contributed by atoms with Gasteiger partial charge in [-0.15, -0.1) is 0 Å². The monoisotopic (exact) mass is 224 g/mol. The summed E-state index contributed by atoms with van der Waals surface area (Å²) in [5, 5.41) is 0. The molecule has 16 heavy (non-hydrogen) atoms. The molecule has 94 valence electrons. The average Bonchev–Trinajstić information content (AvgIpc) is 2.38. The average molecular weight is 224 g/mol. The normalized spacial score (nSPS) is 38.4. The van der Waals surface area contributed by atoms with Crippen LogP contribution in [0.4, 0.5) is 0 Å². The molecule has 2 aliphatic rings. The maximum Gasteiger partial charge on any atom is 0.0249 e. The molecule has 2 rings (SSSR count). The van der Waals surface area contributed by atoms with Crippen molar-refractivity contribution < 1.29 is 0 Å². The molecule has 2 fully saturated rings. The SMILES string of the molecule is CC1CCN2CCN(C(C)C)CC2C(C)C1. The molecule has 2 saturated heterocycles. The van der Waals surface area contributed by atoms with Crippen LogP contribution in [0.1, 0.15) is 40.5 Å². The van der Waals surface area contributed by atoms with Gasteiger partial charge in [-0.3, -0.25) is 9.80 Å². The Morgan fingerprint density at radius 3 is 2.50 bits per heavy atom. The van der Waals surface area contributed by atoms with Crippen LogP contribution in [0.5, 0.6) is 0 Å². The van der Waals surface area contributed by atoms with Crippen molar-refractivity contribution in [3.63, 3.8) is 0 Å². The second-order valence-electron chi connectivity index (χ2n) is 6.30. The van der Waals surface area contributed by atoms with Crippen LogP contribution in [-0.4, -0.2) is 48.1 Å². The fraction of sp³-hybridized carbons (Fsp3) is 1.00. The minimum Gasteiger partial charge on any atom is -0.298 e. The molecular weight excluding hydrogens is 196 g/mol. The van der Waals surface area contributed by atoms with E-state index in [0.717, 1.165) is 23.9 Å². The van der Waals surface area contributed by atoms with Crippen LogP contribution in [-0.2, 0) is 0 Å². The van der Waals surface area contributed by atoms with Crippen LogP contribution >= 0.6 is 0 Å². The lowest BCUT2D eigenvalue weighted by atomic mass is 9.90. The van der Waals surface area contributed by atoms with Crippen molar-refractivity contribution in [3.05, 3.63) is 0 Å². The first-order valence-electron chi connectivity index (χ1n) is 7.06.